The fourth-order valence-corrected chi connectivity index (χ4v) is 4.51. The van der Waals surface area contributed by atoms with Gasteiger partial charge in [0.2, 0.25) is 5.91 Å². The standard InChI is InChI=1S/C15H16F2N4O2S2/c1-7-9(14(23)20-15-19-5-12(17)25-15)3-11(24-7)10-2-8(16)6-21(10)13(22)4-18/h3,5,8,10H,2,4,6,18H2,1H3,(H,19,20,23)/t8-,10+/m1/s1. The fourth-order valence-electron chi connectivity index (χ4n) is 2.82. The molecule has 3 heterocycles. The molecule has 3 rings (SSSR count). The molecule has 3 N–H and O–H groups in total. The first kappa shape index (κ1) is 17.9. The van der Waals surface area contributed by atoms with Crippen molar-refractivity contribution in [1.82, 2.24) is 9.88 Å². The van der Waals surface area contributed by atoms with E-state index in [4.69, 9.17) is 5.73 Å². The summed E-state index contributed by atoms with van der Waals surface area (Å²) in [6.45, 7) is 1.59. The van der Waals surface area contributed by atoms with Crippen molar-refractivity contribution in [1.29, 1.82) is 0 Å². The first-order valence-corrected chi connectivity index (χ1v) is 9.19. The second-order valence-corrected chi connectivity index (χ2v) is 7.91. The summed E-state index contributed by atoms with van der Waals surface area (Å²) in [5.41, 5.74) is 5.80. The summed E-state index contributed by atoms with van der Waals surface area (Å²) < 4.78 is 26.8. The third kappa shape index (κ3) is 3.70. The minimum absolute atomic E-state index is 0.0115. The molecular weight excluding hydrogens is 370 g/mol. The van der Waals surface area contributed by atoms with E-state index in [-0.39, 0.29) is 30.5 Å². The Morgan fingerprint density at radius 2 is 2.24 bits per heavy atom. The van der Waals surface area contributed by atoms with Gasteiger partial charge in [-0.15, -0.1) is 11.3 Å². The molecule has 1 fully saturated rings. The molecule has 2 aromatic heterocycles. The van der Waals surface area contributed by atoms with Crippen LogP contribution >= 0.6 is 22.7 Å². The van der Waals surface area contributed by atoms with Gasteiger partial charge in [0.1, 0.15) is 6.17 Å². The smallest absolute Gasteiger partial charge is 0.258 e. The Hall–Kier alpha value is -1.91. The topological polar surface area (TPSA) is 88.3 Å². The highest BCUT2D eigenvalue weighted by molar-refractivity contribution is 7.14. The van der Waals surface area contributed by atoms with Crippen LogP contribution in [0, 0.1) is 12.1 Å². The minimum Gasteiger partial charge on any atom is -0.331 e. The highest BCUT2D eigenvalue weighted by Gasteiger charge is 2.37. The molecule has 0 saturated carbocycles. The number of nitrogens with one attached hydrogen (secondary N) is 1. The minimum atomic E-state index is -1.11. The van der Waals surface area contributed by atoms with Crippen molar-refractivity contribution in [3.8, 4) is 0 Å². The van der Waals surface area contributed by atoms with Gasteiger partial charge in [0.25, 0.3) is 5.91 Å². The van der Waals surface area contributed by atoms with Crippen LogP contribution in [0.3, 0.4) is 0 Å². The zero-order valence-corrected chi connectivity index (χ0v) is 14.9. The molecular formula is C15H16F2N4O2S2. The average molecular weight is 386 g/mol. The Bertz CT molecular complexity index is 807. The van der Waals surface area contributed by atoms with E-state index >= 15 is 0 Å². The van der Waals surface area contributed by atoms with Crippen molar-refractivity contribution >= 4 is 39.6 Å². The maximum absolute atomic E-state index is 13.8. The number of hydrogen-bond donors (Lipinski definition) is 2. The molecule has 2 amide bonds. The molecule has 25 heavy (non-hydrogen) atoms. The van der Waals surface area contributed by atoms with Crippen LogP contribution in [-0.2, 0) is 4.79 Å². The van der Waals surface area contributed by atoms with E-state index in [1.807, 2.05) is 0 Å². The number of amides is 2. The number of carbonyl (C=O) groups is 2. The first-order chi connectivity index (χ1) is 11.9. The van der Waals surface area contributed by atoms with Gasteiger partial charge in [-0.1, -0.05) is 11.3 Å². The molecule has 1 aliphatic heterocycles. The van der Waals surface area contributed by atoms with Crippen LogP contribution in [-0.4, -0.2) is 41.0 Å². The Labute approximate surface area is 150 Å². The number of nitrogens with two attached hydrogens (primary N) is 1. The van der Waals surface area contributed by atoms with Crippen LogP contribution in [0.15, 0.2) is 12.3 Å². The largest absolute Gasteiger partial charge is 0.331 e. The predicted molar refractivity (Wildman–Crippen MR) is 92.1 cm³/mol. The molecule has 2 aromatic rings. The number of thiophene rings is 1. The Balaban J connectivity index is 1.81. The monoisotopic (exact) mass is 386 g/mol. The van der Waals surface area contributed by atoms with E-state index in [0.717, 1.165) is 27.3 Å². The lowest BCUT2D eigenvalue weighted by Gasteiger charge is -2.22. The number of halogens is 2. The first-order valence-electron chi connectivity index (χ1n) is 7.55. The summed E-state index contributed by atoms with van der Waals surface area (Å²) in [6, 6.07) is 1.23. The van der Waals surface area contributed by atoms with Crippen LogP contribution in [0.5, 0.6) is 0 Å². The van der Waals surface area contributed by atoms with Crippen molar-refractivity contribution in [2.24, 2.45) is 5.73 Å². The van der Waals surface area contributed by atoms with E-state index in [1.165, 1.54) is 16.2 Å². The normalized spacial score (nSPS) is 20.1. The molecule has 6 nitrogen and oxygen atoms in total. The van der Waals surface area contributed by atoms with Crippen molar-refractivity contribution in [2.45, 2.75) is 25.6 Å². The number of anilines is 1. The van der Waals surface area contributed by atoms with Gasteiger partial charge in [0.05, 0.1) is 30.9 Å². The SMILES string of the molecule is Cc1sc([C@@H]2C[C@@H](F)CN2C(=O)CN)cc1C(=O)Nc1ncc(F)s1. The number of carbonyl (C=O) groups excluding carboxylic acids is 2. The lowest BCUT2D eigenvalue weighted by atomic mass is 10.1. The number of rotatable bonds is 4. The summed E-state index contributed by atoms with van der Waals surface area (Å²) in [4.78, 5) is 30.9. The number of aryl methyl sites for hydroxylation is 1. The van der Waals surface area contributed by atoms with E-state index in [9.17, 15) is 18.4 Å². The number of aromatic nitrogens is 1. The Morgan fingerprint density at radius 1 is 1.48 bits per heavy atom. The van der Waals surface area contributed by atoms with Gasteiger partial charge in [-0.05, 0) is 13.0 Å². The van der Waals surface area contributed by atoms with Crippen LogP contribution < -0.4 is 11.1 Å². The number of nitrogens with zero attached hydrogens (tertiary/aromatic N) is 2. The summed E-state index contributed by atoms with van der Waals surface area (Å²) in [6.07, 6.45) is 0.103. The quantitative estimate of drug-likeness (QED) is 0.845. The number of alkyl halides is 1. The predicted octanol–water partition coefficient (Wildman–Crippen LogP) is 2.47. The molecule has 0 aromatic carbocycles. The Kier molecular flexibility index (Phi) is 5.11. The van der Waals surface area contributed by atoms with E-state index in [2.05, 4.69) is 10.3 Å². The van der Waals surface area contributed by atoms with Crippen LogP contribution in [0.1, 0.15) is 32.6 Å². The van der Waals surface area contributed by atoms with Gasteiger partial charge in [-0.2, -0.15) is 4.39 Å². The number of hydrogen-bond acceptors (Lipinski definition) is 6. The van der Waals surface area contributed by atoms with E-state index in [0.29, 0.717) is 5.56 Å². The highest BCUT2D eigenvalue weighted by atomic mass is 32.1. The summed E-state index contributed by atoms with van der Waals surface area (Å²) in [5, 5.41) is 2.21. The van der Waals surface area contributed by atoms with Gasteiger partial charge >= 0.3 is 0 Å². The Morgan fingerprint density at radius 3 is 2.88 bits per heavy atom. The third-order valence-electron chi connectivity index (χ3n) is 3.95. The molecule has 2 atom stereocenters. The summed E-state index contributed by atoms with van der Waals surface area (Å²) >= 11 is 2.07. The maximum atomic E-state index is 13.8. The summed E-state index contributed by atoms with van der Waals surface area (Å²) in [5.74, 6) is -0.735. The molecule has 1 aliphatic rings. The van der Waals surface area contributed by atoms with Crippen molar-refractivity contribution in [3.05, 3.63) is 32.7 Å². The van der Waals surface area contributed by atoms with Crippen molar-refractivity contribution in [3.63, 3.8) is 0 Å². The zero-order valence-electron chi connectivity index (χ0n) is 13.3. The van der Waals surface area contributed by atoms with Crippen LogP contribution in [0.4, 0.5) is 13.9 Å². The molecule has 10 heteroatoms. The highest BCUT2D eigenvalue weighted by Crippen LogP contribution is 2.38. The molecule has 134 valence electrons. The van der Waals surface area contributed by atoms with Crippen molar-refractivity contribution < 1.29 is 18.4 Å². The molecule has 0 bridgehead atoms. The lowest BCUT2D eigenvalue weighted by molar-refractivity contribution is -0.130. The van der Waals surface area contributed by atoms with E-state index in [1.54, 1.807) is 13.0 Å². The molecule has 1 saturated heterocycles. The number of thiazole rings is 1. The average Bonchev–Trinajstić information content (AvgIpc) is 3.25. The molecule has 0 spiro atoms. The maximum Gasteiger partial charge on any atom is 0.258 e. The molecule has 0 aliphatic carbocycles. The van der Waals surface area contributed by atoms with E-state index < -0.39 is 23.3 Å². The molecule has 0 radical (unpaired) electrons. The fraction of sp³-hybridized carbons (Fsp3) is 0.400. The van der Waals surface area contributed by atoms with Crippen molar-refractivity contribution in [2.75, 3.05) is 18.4 Å². The van der Waals surface area contributed by atoms with Gasteiger partial charge in [0.15, 0.2) is 10.3 Å². The third-order valence-corrected chi connectivity index (χ3v) is 5.81. The van der Waals surface area contributed by atoms with Crippen LogP contribution in [0.25, 0.3) is 0 Å². The van der Waals surface area contributed by atoms with Gasteiger partial charge in [-0.25, -0.2) is 9.37 Å². The van der Waals surface area contributed by atoms with Gasteiger partial charge in [0, 0.05) is 16.2 Å². The second kappa shape index (κ2) is 7.14. The zero-order chi connectivity index (χ0) is 18.1. The second-order valence-electron chi connectivity index (χ2n) is 5.64. The number of likely N-dealkylation sites (tertiary alicyclic amines) is 1. The molecule has 0 unspecified atom stereocenters. The van der Waals surface area contributed by atoms with Gasteiger partial charge in [-0.3, -0.25) is 14.9 Å². The van der Waals surface area contributed by atoms with Gasteiger partial charge < -0.3 is 10.6 Å². The summed E-state index contributed by atoms with van der Waals surface area (Å²) in [7, 11) is 0. The van der Waals surface area contributed by atoms with Crippen LogP contribution in [0.2, 0.25) is 0 Å². The lowest BCUT2D eigenvalue weighted by Crippen LogP contribution is -2.35.